The first-order valence-corrected chi connectivity index (χ1v) is 9.57. The molecule has 5 atom stereocenters. The minimum atomic E-state index is -1.41. The highest BCUT2D eigenvalue weighted by Gasteiger charge is 2.64. The second-order valence-electron chi connectivity index (χ2n) is 8.98. The van der Waals surface area contributed by atoms with Crippen molar-refractivity contribution in [3.05, 3.63) is 23.3 Å². The predicted octanol–water partition coefficient (Wildman–Crippen LogP) is 2.73. The van der Waals surface area contributed by atoms with Gasteiger partial charge in [0.1, 0.15) is 12.2 Å². The molecule has 0 aromatic rings. The monoisotopic (exact) mass is 344 g/mol. The molecule has 4 aliphatic carbocycles. The summed E-state index contributed by atoms with van der Waals surface area (Å²) in [5.74, 6) is 0.454. The van der Waals surface area contributed by atoms with Crippen molar-refractivity contribution in [3.8, 4) is 0 Å². The first-order chi connectivity index (χ1) is 11.8. The van der Waals surface area contributed by atoms with Gasteiger partial charge in [-0.2, -0.15) is 0 Å². The molecule has 0 aromatic carbocycles. The standard InChI is InChI=1S/C21H28O4/c1-19-8-5-14(23)11-13(19)3-4-15-16(19)6-9-20(2)17(15)7-10-21(20,25)18(24)12-22/h6,11,15,17,22,25H,3-5,7-10,12H2,1-2H3/t15-,17+,19?,20?,21+/m1/s1. The molecule has 2 N–H and O–H groups in total. The predicted molar refractivity (Wildman–Crippen MR) is 93.7 cm³/mol. The van der Waals surface area contributed by atoms with Crippen molar-refractivity contribution in [3.63, 3.8) is 0 Å². The first-order valence-electron chi connectivity index (χ1n) is 9.57. The van der Waals surface area contributed by atoms with Gasteiger partial charge in [0.05, 0.1) is 0 Å². The Balaban J connectivity index is 1.75. The molecule has 0 radical (unpaired) electrons. The number of rotatable bonds is 2. The molecule has 4 aliphatic rings. The van der Waals surface area contributed by atoms with Crippen LogP contribution < -0.4 is 0 Å². The van der Waals surface area contributed by atoms with Crippen LogP contribution in [0.3, 0.4) is 0 Å². The molecule has 0 aliphatic heterocycles. The van der Waals surface area contributed by atoms with E-state index in [1.54, 1.807) is 0 Å². The highest BCUT2D eigenvalue weighted by atomic mass is 16.3. The Morgan fingerprint density at radius 2 is 2.00 bits per heavy atom. The summed E-state index contributed by atoms with van der Waals surface area (Å²) in [7, 11) is 0. The van der Waals surface area contributed by atoms with Gasteiger partial charge in [-0.05, 0) is 56.4 Å². The lowest BCUT2D eigenvalue weighted by atomic mass is 9.50. The van der Waals surface area contributed by atoms with E-state index in [1.165, 1.54) is 11.1 Å². The maximum Gasteiger partial charge on any atom is 0.190 e. The summed E-state index contributed by atoms with van der Waals surface area (Å²) < 4.78 is 0. The lowest BCUT2D eigenvalue weighted by Gasteiger charge is -2.54. The van der Waals surface area contributed by atoms with E-state index in [0.29, 0.717) is 25.2 Å². The third kappa shape index (κ3) is 2.07. The van der Waals surface area contributed by atoms with Gasteiger partial charge < -0.3 is 10.2 Å². The van der Waals surface area contributed by atoms with Crippen LogP contribution in [-0.4, -0.2) is 34.0 Å². The molecule has 25 heavy (non-hydrogen) atoms. The van der Waals surface area contributed by atoms with E-state index in [-0.39, 0.29) is 17.1 Å². The van der Waals surface area contributed by atoms with Crippen molar-refractivity contribution in [2.45, 2.75) is 64.4 Å². The van der Waals surface area contributed by atoms with E-state index in [4.69, 9.17) is 0 Å². The average molecular weight is 344 g/mol. The largest absolute Gasteiger partial charge is 0.388 e. The molecule has 0 heterocycles. The van der Waals surface area contributed by atoms with E-state index in [0.717, 1.165) is 25.7 Å². The summed E-state index contributed by atoms with van der Waals surface area (Å²) in [4.78, 5) is 24.2. The number of carbonyl (C=O) groups excluding carboxylic acids is 2. The van der Waals surface area contributed by atoms with Crippen molar-refractivity contribution in [2.75, 3.05) is 6.61 Å². The molecule has 2 unspecified atom stereocenters. The van der Waals surface area contributed by atoms with Gasteiger partial charge in [0, 0.05) is 17.3 Å². The number of fused-ring (bicyclic) bond motifs is 5. The van der Waals surface area contributed by atoms with Gasteiger partial charge in [-0.3, -0.25) is 9.59 Å². The highest BCUT2D eigenvalue weighted by molar-refractivity contribution is 5.92. The quantitative estimate of drug-likeness (QED) is 0.756. The van der Waals surface area contributed by atoms with Gasteiger partial charge >= 0.3 is 0 Å². The molecule has 0 spiro atoms. The van der Waals surface area contributed by atoms with Gasteiger partial charge in [0.15, 0.2) is 11.6 Å². The maximum atomic E-state index is 12.3. The topological polar surface area (TPSA) is 74.6 Å². The van der Waals surface area contributed by atoms with E-state index < -0.39 is 23.4 Å². The molecule has 4 nitrogen and oxygen atoms in total. The molecular weight excluding hydrogens is 316 g/mol. The lowest BCUT2D eigenvalue weighted by Crippen LogP contribution is -2.55. The Hall–Kier alpha value is -1.26. The van der Waals surface area contributed by atoms with Crippen LogP contribution in [0.2, 0.25) is 0 Å². The Bertz CT molecular complexity index is 705. The number of Topliss-reactive ketones (excluding diaryl/α,β-unsaturated/α-hetero) is 1. The van der Waals surface area contributed by atoms with Gasteiger partial charge in [0.25, 0.3) is 0 Å². The molecule has 2 saturated carbocycles. The molecule has 2 fully saturated rings. The summed E-state index contributed by atoms with van der Waals surface area (Å²) in [6.07, 6.45) is 9.48. The van der Waals surface area contributed by atoms with Crippen LogP contribution in [0.5, 0.6) is 0 Å². The maximum absolute atomic E-state index is 12.3. The smallest absolute Gasteiger partial charge is 0.190 e. The van der Waals surface area contributed by atoms with Crippen LogP contribution in [0.15, 0.2) is 23.3 Å². The number of aliphatic hydroxyl groups excluding tert-OH is 1. The number of ketones is 2. The van der Waals surface area contributed by atoms with E-state index in [1.807, 2.05) is 13.0 Å². The molecule has 4 heteroatoms. The SMILES string of the molecule is CC12CCC(=O)C=C1CC[C@@H]1C2=CCC2(C)[C@H]1CC[C@]2(O)C(=O)CO. The average Bonchev–Trinajstić information content (AvgIpc) is 2.87. The molecular formula is C21H28O4. The van der Waals surface area contributed by atoms with Crippen molar-refractivity contribution in [1.82, 2.24) is 0 Å². The van der Waals surface area contributed by atoms with Gasteiger partial charge in [-0.1, -0.05) is 31.1 Å². The Labute approximate surface area is 149 Å². The highest BCUT2D eigenvalue weighted by Crippen LogP contribution is 2.65. The zero-order chi connectivity index (χ0) is 18.0. The van der Waals surface area contributed by atoms with Crippen LogP contribution in [0, 0.1) is 22.7 Å². The molecule has 0 amide bonds. The van der Waals surface area contributed by atoms with Crippen LogP contribution in [0.4, 0.5) is 0 Å². The molecule has 4 rings (SSSR count). The lowest BCUT2D eigenvalue weighted by molar-refractivity contribution is -0.155. The molecule has 0 bridgehead atoms. The third-order valence-corrected chi connectivity index (χ3v) is 8.09. The fourth-order valence-electron chi connectivity index (χ4n) is 6.46. The fourth-order valence-corrected chi connectivity index (χ4v) is 6.46. The summed E-state index contributed by atoms with van der Waals surface area (Å²) in [5.41, 5.74) is 0.770. The zero-order valence-electron chi connectivity index (χ0n) is 15.2. The van der Waals surface area contributed by atoms with Crippen LogP contribution in [0.25, 0.3) is 0 Å². The number of hydrogen-bond acceptors (Lipinski definition) is 4. The van der Waals surface area contributed by atoms with Crippen LogP contribution in [-0.2, 0) is 9.59 Å². The second-order valence-corrected chi connectivity index (χ2v) is 8.98. The summed E-state index contributed by atoms with van der Waals surface area (Å²) in [5, 5.41) is 20.5. The number of allylic oxidation sites excluding steroid dienone is 4. The van der Waals surface area contributed by atoms with Crippen molar-refractivity contribution < 1.29 is 19.8 Å². The zero-order valence-corrected chi connectivity index (χ0v) is 15.2. The van der Waals surface area contributed by atoms with E-state index in [9.17, 15) is 19.8 Å². The fraction of sp³-hybridized carbons (Fsp3) is 0.714. The Morgan fingerprint density at radius 3 is 2.72 bits per heavy atom. The van der Waals surface area contributed by atoms with E-state index in [2.05, 4.69) is 13.0 Å². The minimum absolute atomic E-state index is 0.0279. The van der Waals surface area contributed by atoms with Crippen LogP contribution >= 0.6 is 0 Å². The van der Waals surface area contributed by atoms with Crippen molar-refractivity contribution >= 4 is 11.6 Å². The molecule has 0 saturated heterocycles. The molecule has 136 valence electrons. The van der Waals surface area contributed by atoms with Gasteiger partial charge in [-0.15, -0.1) is 0 Å². The normalized spacial score (nSPS) is 45.8. The third-order valence-electron chi connectivity index (χ3n) is 8.09. The van der Waals surface area contributed by atoms with E-state index >= 15 is 0 Å². The summed E-state index contributed by atoms with van der Waals surface area (Å²) in [6, 6.07) is 0. The summed E-state index contributed by atoms with van der Waals surface area (Å²) >= 11 is 0. The van der Waals surface area contributed by atoms with Gasteiger partial charge in [0.2, 0.25) is 0 Å². The minimum Gasteiger partial charge on any atom is -0.388 e. The molecule has 0 aromatic heterocycles. The van der Waals surface area contributed by atoms with Crippen molar-refractivity contribution in [2.24, 2.45) is 22.7 Å². The van der Waals surface area contributed by atoms with Crippen molar-refractivity contribution in [1.29, 1.82) is 0 Å². The van der Waals surface area contributed by atoms with Gasteiger partial charge in [-0.25, -0.2) is 0 Å². The Kier molecular flexibility index (Phi) is 3.69. The second kappa shape index (κ2) is 5.37. The number of hydrogen-bond donors (Lipinski definition) is 2. The van der Waals surface area contributed by atoms with Crippen LogP contribution in [0.1, 0.15) is 58.8 Å². The number of aliphatic hydroxyl groups is 2. The number of carbonyl (C=O) groups is 2. The summed E-state index contributed by atoms with van der Waals surface area (Å²) in [6.45, 7) is 3.71. The first kappa shape index (κ1) is 17.2. The Morgan fingerprint density at radius 1 is 1.24 bits per heavy atom.